The van der Waals surface area contributed by atoms with Gasteiger partial charge in [0, 0.05) is 10.7 Å². The molecule has 0 unspecified atom stereocenters. The zero-order chi connectivity index (χ0) is 10.1. The molecule has 0 atom stereocenters. The molecule has 0 heterocycles. The summed E-state index contributed by atoms with van der Waals surface area (Å²) in [4.78, 5) is -0.142. The first-order chi connectivity index (χ1) is 5.95. The van der Waals surface area contributed by atoms with Gasteiger partial charge in [-0.05, 0) is 24.1 Å². The fourth-order valence-corrected chi connectivity index (χ4v) is 2.26. The topological polar surface area (TPSA) is 34.1 Å². The molecular weight excluding hydrogens is 215 g/mol. The maximum Gasteiger partial charge on any atom is 0.261 e. The molecule has 5 heteroatoms. The van der Waals surface area contributed by atoms with Gasteiger partial charge in [0.1, 0.15) is 5.82 Å². The van der Waals surface area contributed by atoms with Crippen molar-refractivity contribution < 1.29 is 12.8 Å². The second-order valence-electron chi connectivity index (χ2n) is 2.54. The maximum absolute atomic E-state index is 12.7. The molecule has 0 spiro atoms. The third-order valence-electron chi connectivity index (χ3n) is 1.67. The highest BCUT2D eigenvalue weighted by Crippen LogP contribution is 2.21. The summed E-state index contributed by atoms with van der Waals surface area (Å²) in [7, 11) is 1.28. The zero-order valence-electron chi connectivity index (χ0n) is 6.92. The summed E-state index contributed by atoms with van der Waals surface area (Å²) in [6.45, 7) is 1.78. The van der Waals surface area contributed by atoms with E-state index in [2.05, 4.69) is 0 Å². The Balaban J connectivity index is 3.41. The third kappa shape index (κ3) is 2.42. The minimum Gasteiger partial charge on any atom is -0.207 e. The average molecular weight is 223 g/mol. The lowest BCUT2D eigenvalue weighted by Gasteiger charge is -2.03. The van der Waals surface area contributed by atoms with Crippen molar-refractivity contribution in [1.29, 1.82) is 0 Å². The first kappa shape index (κ1) is 10.5. The summed E-state index contributed by atoms with van der Waals surface area (Å²) in [6.07, 6.45) is 0.502. The van der Waals surface area contributed by atoms with Crippen molar-refractivity contribution in [2.24, 2.45) is 0 Å². The lowest BCUT2D eigenvalue weighted by Crippen LogP contribution is -1.97. The van der Waals surface area contributed by atoms with E-state index in [1.165, 1.54) is 12.1 Å². The van der Waals surface area contributed by atoms with E-state index < -0.39 is 14.9 Å². The molecule has 0 saturated heterocycles. The molecule has 13 heavy (non-hydrogen) atoms. The fourth-order valence-electron chi connectivity index (χ4n) is 1.05. The Morgan fingerprint density at radius 2 is 2.08 bits per heavy atom. The molecule has 1 aromatic rings. The van der Waals surface area contributed by atoms with Gasteiger partial charge in [0.15, 0.2) is 0 Å². The van der Waals surface area contributed by atoms with E-state index in [1.807, 2.05) is 0 Å². The largest absolute Gasteiger partial charge is 0.261 e. The second kappa shape index (κ2) is 3.64. The van der Waals surface area contributed by atoms with Crippen molar-refractivity contribution in [2.45, 2.75) is 18.2 Å². The van der Waals surface area contributed by atoms with Gasteiger partial charge in [-0.15, -0.1) is 0 Å². The van der Waals surface area contributed by atoms with Crippen LogP contribution in [0.25, 0.3) is 0 Å². The van der Waals surface area contributed by atoms with Crippen LogP contribution in [0.1, 0.15) is 12.5 Å². The molecule has 1 rings (SSSR count). The van der Waals surface area contributed by atoms with Gasteiger partial charge in [0.25, 0.3) is 9.05 Å². The van der Waals surface area contributed by atoms with Crippen LogP contribution in [0.4, 0.5) is 4.39 Å². The minimum absolute atomic E-state index is 0.142. The van der Waals surface area contributed by atoms with E-state index in [1.54, 1.807) is 6.92 Å². The molecule has 72 valence electrons. The standard InChI is InChI=1S/C8H8ClFO2S/c1-2-6-3-4-7(10)5-8(6)13(9,11)12/h3-5H,2H2,1H3. The molecule has 0 N–H and O–H groups in total. The highest BCUT2D eigenvalue weighted by molar-refractivity contribution is 8.13. The lowest BCUT2D eigenvalue weighted by molar-refractivity contribution is 0.600. The highest BCUT2D eigenvalue weighted by Gasteiger charge is 2.15. The molecule has 0 amide bonds. The molecular formula is C8H8ClFO2S. The smallest absolute Gasteiger partial charge is 0.207 e. The van der Waals surface area contributed by atoms with Gasteiger partial charge in [-0.1, -0.05) is 13.0 Å². The van der Waals surface area contributed by atoms with E-state index in [-0.39, 0.29) is 4.90 Å². The summed E-state index contributed by atoms with van der Waals surface area (Å²) < 4.78 is 34.6. The minimum atomic E-state index is -3.84. The van der Waals surface area contributed by atoms with Gasteiger partial charge in [-0.3, -0.25) is 0 Å². The summed E-state index contributed by atoms with van der Waals surface area (Å²) in [6, 6.07) is 3.57. The Morgan fingerprint density at radius 3 is 2.54 bits per heavy atom. The van der Waals surface area contributed by atoms with Gasteiger partial charge in [-0.2, -0.15) is 0 Å². The molecule has 0 saturated carbocycles. The zero-order valence-corrected chi connectivity index (χ0v) is 8.49. The van der Waals surface area contributed by atoms with Crippen LogP contribution in [0.3, 0.4) is 0 Å². The fraction of sp³-hybridized carbons (Fsp3) is 0.250. The SMILES string of the molecule is CCc1ccc(F)cc1S(=O)(=O)Cl. The first-order valence-electron chi connectivity index (χ1n) is 3.68. The van der Waals surface area contributed by atoms with Crippen LogP contribution in [0.15, 0.2) is 23.1 Å². The van der Waals surface area contributed by atoms with Crippen LogP contribution in [0, 0.1) is 5.82 Å². The lowest BCUT2D eigenvalue weighted by atomic mass is 10.2. The average Bonchev–Trinajstić information content (AvgIpc) is 2.03. The number of hydrogen-bond acceptors (Lipinski definition) is 2. The van der Waals surface area contributed by atoms with Crippen LogP contribution in [0.2, 0.25) is 0 Å². The number of rotatable bonds is 2. The van der Waals surface area contributed by atoms with Gasteiger partial charge < -0.3 is 0 Å². The third-order valence-corrected chi connectivity index (χ3v) is 3.08. The molecule has 1 aromatic carbocycles. The monoisotopic (exact) mass is 222 g/mol. The predicted molar refractivity (Wildman–Crippen MR) is 48.8 cm³/mol. The quantitative estimate of drug-likeness (QED) is 0.720. The van der Waals surface area contributed by atoms with Gasteiger partial charge in [-0.25, -0.2) is 12.8 Å². The van der Waals surface area contributed by atoms with E-state index in [9.17, 15) is 12.8 Å². The van der Waals surface area contributed by atoms with Gasteiger partial charge >= 0.3 is 0 Å². The van der Waals surface area contributed by atoms with E-state index in [4.69, 9.17) is 10.7 Å². The van der Waals surface area contributed by atoms with E-state index in [0.29, 0.717) is 12.0 Å². The summed E-state index contributed by atoms with van der Waals surface area (Å²) >= 11 is 0. The van der Waals surface area contributed by atoms with Crippen molar-refractivity contribution in [2.75, 3.05) is 0 Å². The normalized spacial score (nSPS) is 11.6. The molecule has 0 aliphatic heterocycles. The maximum atomic E-state index is 12.7. The number of benzene rings is 1. The predicted octanol–water partition coefficient (Wildman–Crippen LogP) is 2.32. The van der Waals surface area contributed by atoms with Crippen molar-refractivity contribution in [3.63, 3.8) is 0 Å². The van der Waals surface area contributed by atoms with Crippen molar-refractivity contribution in [3.8, 4) is 0 Å². The van der Waals surface area contributed by atoms with Crippen LogP contribution >= 0.6 is 10.7 Å². The van der Waals surface area contributed by atoms with E-state index in [0.717, 1.165) is 6.07 Å². The molecule has 0 fully saturated rings. The molecule has 0 aliphatic carbocycles. The second-order valence-corrected chi connectivity index (χ2v) is 5.08. The van der Waals surface area contributed by atoms with Crippen molar-refractivity contribution >= 4 is 19.7 Å². The Kier molecular flexibility index (Phi) is 2.93. The Morgan fingerprint density at radius 1 is 1.46 bits per heavy atom. The molecule has 0 aromatic heterocycles. The Hall–Kier alpha value is -0.610. The van der Waals surface area contributed by atoms with Gasteiger partial charge in [0.2, 0.25) is 0 Å². The summed E-state index contributed by atoms with van der Waals surface area (Å²) in [5.41, 5.74) is 0.524. The molecule has 2 nitrogen and oxygen atoms in total. The van der Waals surface area contributed by atoms with Crippen LogP contribution in [-0.2, 0) is 15.5 Å². The number of hydrogen-bond donors (Lipinski definition) is 0. The number of halogens is 2. The Labute approximate surface area is 80.8 Å². The highest BCUT2D eigenvalue weighted by atomic mass is 35.7. The van der Waals surface area contributed by atoms with Crippen molar-refractivity contribution in [3.05, 3.63) is 29.6 Å². The van der Waals surface area contributed by atoms with Crippen molar-refractivity contribution in [1.82, 2.24) is 0 Å². The Bertz CT molecular complexity index is 414. The van der Waals surface area contributed by atoms with Crippen LogP contribution in [-0.4, -0.2) is 8.42 Å². The van der Waals surface area contributed by atoms with Crippen LogP contribution < -0.4 is 0 Å². The van der Waals surface area contributed by atoms with E-state index >= 15 is 0 Å². The summed E-state index contributed by atoms with van der Waals surface area (Å²) in [5, 5.41) is 0. The number of aryl methyl sites for hydroxylation is 1. The molecule has 0 bridgehead atoms. The van der Waals surface area contributed by atoms with Crippen LogP contribution in [0.5, 0.6) is 0 Å². The summed E-state index contributed by atoms with van der Waals surface area (Å²) in [5.74, 6) is -0.601. The molecule has 0 radical (unpaired) electrons. The molecule has 0 aliphatic rings. The first-order valence-corrected chi connectivity index (χ1v) is 5.99. The van der Waals surface area contributed by atoms with Gasteiger partial charge in [0.05, 0.1) is 4.90 Å².